The summed E-state index contributed by atoms with van der Waals surface area (Å²) in [5, 5.41) is 0. The van der Waals surface area contributed by atoms with Crippen molar-refractivity contribution in [3.05, 3.63) is 52.1 Å². The zero-order valence-corrected chi connectivity index (χ0v) is 16.1. The van der Waals surface area contributed by atoms with Gasteiger partial charge in [0.05, 0.1) is 5.69 Å². The molecule has 0 aliphatic heterocycles. The minimum absolute atomic E-state index is 0.872. The first-order chi connectivity index (χ1) is 10.1. The fraction of sp³-hybridized carbons (Fsp3) is 0.353. The van der Waals surface area contributed by atoms with Crippen molar-refractivity contribution in [3.8, 4) is 0 Å². The number of benzene rings is 1. The molecule has 0 aliphatic carbocycles. The molecule has 0 amide bonds. The van der Waals surface area contributed by atoms with Crippen LogP contribution in [0.5, 0.6) is 0 Å². The minimum atomic E-state index is 0.872. The van der Waals surface area contributed by atoms with Gasteiger partial charge in [-0.1, -0.05) is 45.4 Å². The topological polar surface area (TPSA) is 24.9 Å². The van der Waals surface area contributed by atoms with Crippen LogP contribution < -0.4 is 4.72 Å². The molecule has 4 heteroatoms. The molecular formula is C17H25BrN2S. The Morgan fingerprint density at radius 1 is 0.905 bits per heavy atom. The molecule has 0 atom stereocenters. The van der Waals surface area contributed by atoms with Crippen LogP contribution in [-0.4, -0.2) is 4.98 Å². The van der Waals surface area contributed by atoms with Gasteiger partial charge in [-0.15, -0.1) is 0 Å². The average molecular weight is 369 g/mol. The van der Waals surface area contributed by atoms with Crippen LogP contribution in [0.25, 0.3) is 0 Å². The fourth-order valence-electron chi connectivity index (χ4n) is 1.32. The van der Waals surface area contributed by atoms with Crippen molar-refractivity contribution < 1.29 is 0 Å². The van der Waals surface area contributed by atoms with Crippen molar-refractivity contribution in [1.29, 1.82) is 0 Å². The van der Waals surface area contributed by atoms with Gasteiger partial charge >= 0.3 is 0 Å². The standard InChI is InChI=1S/C13H13BrN2S.2C2H6/c1-9-3-5-11(6-4-9)17-16-13-8-7-12(14)10(2)15-13;2*1-2/h3-8H,1-2H3,(H,15,16);2*1-2H3. The Balaban J connectivity index is 0.000000921. The van der Waals surface area contributed by atoms with Crippen LogP contribution >= 0.6 is 27.9 Å². The van der Waals surface area contributed by atoms with Crippen molar-refractivity contribution in [2.24, 2.45) is 0 Å². The second-order valence-electron chi connectivity index (χ2n) is 3.78. The largest absolute Gasteiger partial charge is 0.310 e. The Bertz CT molecular complexity index is 513. The van der Waals surface area contributed by atoms with Gasteiger partial charge in [-0.3, -0.25) is 0 Å². The second kappa shape index (κ2) is 11.6. The van der Waals surface area contributed by atoms with E-state index in [1.807, 2.05) is 46.8 Å². The molecule has 116 valence electrons. The predicted molar refractivity (Wildman–Crippen MR) is 100 cm³/mol. The van der Waals surface area contributed by atoms with Crippen molar-refractivity contribution >= 4 is 33.7 Å². The highest BCUT2D eigenvalue weighted by molar-refractivity contribution is 9.10. The first kappa shape index (κ1) is 20.0. The maximum Gasteiger partial charge on any atom is 0.136 e. The normalized spacial score (nSPS) is 8.90. The van der Waals surface area contributed by atoms with Crippen LogP contribution in [-0.2, 0) is 0 Å². The first-order valence-electron chi connectivity index (χ1n) is 7.28. The van der Waals surface area contributed by atoms with Crippen molar-refractivity contribution in [2.75, 3.05) is 4.72 Å². The Labute approximate surface area is 142 Å². The van der Waals surface area contributed by atoms with Crippen LogP contribution in [0.3, 0.4) is 0 Å². The third-order valence-electron chi connectivity index (χ3n) is 2.32. The summed E-state index contributed by atoms with van der Waals surface area (Å²) in [6.07, 6.45) is 0. The van der Waals surface area contributed by atoms with Gasteiger partial charge in [0.15, 0.2) is 0 Å². The van der Waals surface area contributed by atoms with Gasteiger partial charge in [-0.05, 0) is 66.0 Å². The zero-order valence-electron chi connectivity index (χ0n) is 13.7. The Morgan fingerprint density at radius 3 is 2.00 bits per heavy atom. The monoisotopic (exact) mass is 368 g/mol. The molecule has 2 nitrogen and oxygen atoms in total. The number of hydrogen-bond donors (Lipinski definition) is 1. The van der Waals surface area contributed by atoms with Gasteiger partial charge in [0.25, 0.3) is 0 Å². The van der Waals surface area contributed by atoms with Crippen LogP contribution in [0, 0.1) is 13.8 Å². The number of pyridine rings is 1. The highest BCUT2D eigenvalue weighted by Crippen LogP contribution is 2.22. The Hall–Kier alpha value is -1.00. The van der Waals surface area contributed by atoms with E-state index in [4.69, 9.17) is 0 Å². The average Bonchev–Trinajstić information content (AvgIpc) is 2.54. The lowest BCUT2D eigenvalue weighted by Gasteiger charge is -2.06. The van der Waals surface area contributed by atoms with E-state index in [1.54, 1.807) is 11.9 Å². The fourth-order valence-corrected chi connectivity index (χ4v) is 2.15. The Kier molecular flexibility index (Phi) is 11.1. The number of nitrogens with one attached hydrogen (secondary N) is 1. The van der Waals surface area contributed by atoms with E-state index in [-0.39, 0.29) is 0 Å². The molecule has 21 heavy (non-hydrogen) atoms. The van der Waals surface area contributed by atoms with Crippen LogP contribution in [0.2, 0.25) is 0 Å². The van der Waals surface area contributed by atoms with Gasteiger partial charge in [-0.25, -0.2) is 4.98 Å². The molecule has 1 N–H and O–H groups in total. The summed E-state index contributed by atoms with van der Waals surface area (Å²) >= 11 is 5.01. The SMILES string of the molecule is CC.CC.Cc1ccc(SNc2ccc(Br)c(C)n2)cc1. The Morgan fingerprint density at radius 2 is 1.48 bits per heavy atom. The van der Waals surface area contributed by atoms with Gasteiger partial charge in [0, 0.05) is 9.37 Å². The minimum Gasteiger partial charge on any atom is -0.310 e. The zero-order chi connectivity index (χ0) is 16.3. The molecule has 0 aliphatic rings. The number of halogens is 1. The smallest absolute Gasteiger partial charge is 0.136 e. The van der Waals surface area contributed by atoms with Gasteiger partial charge < -0.3 is 4.72 Å². The summed E-state index contributed by atoms with van der Waals surface area (Å²) in [5.41, 5.74) is 2.26. The molecule has 0 unspecified atom stereocenters. The maximum atomic E-state index is 4.43. The summed E-state index contributed by atoms with van der Waals surface area (Å²) < 4.78 is 4.26. The maximum absolute atomic E-state index is 4.43. The van der Waals surface area contributed by atoms with Crippen LogP contribution in [0.4, 0.5) is 5.82 Å². The molecule has 0 spiro atoms. The number of hydrogen-bond acceptors (Lipinski definition) is 3. The predicted octanol–water partition coefficient (Wildman–Crippen LogP) is 6.63. The second-order valence-corrected chi connectivity index (χ2v) is 5.51. The van der Waals surface area contributed by atoms with E-state index in [0.717, 1.165) is 16.0 Å². The van der Waals surface area contributed by atoms with E-state index < -0.39 is 0 Å². The molecule has 2 rings (SSSR count). The molecule has 0 bridgehead atoms. The van der Waals surface area contributed by atoms with Crippen molar-refractivity contribution in [3.63, 3.8) is 0 Å². The van der Waals surface area contributed by atoms with Crippen molar-refractivity contribution in [2.45, 2.75) is 46.4 Å². The number of aryl methyl sites for hydroxylation is 2. The van der Waals surface area contributed by atoms with E-state index in [2.05, 4.69) is 56.8 Å². The van der Waals surface area contributed by atoms with E-state index in [1.165, 1.54) is 10.5 Å². The molecule has 1 aromatic carbocycles. The molecule has 0 saturated carbocycles. The molecule has 0 saturated heterocycles. The molecule has 0 fully saturated rings. The number of anilines is 1. The molecule has 1 heterocycles. The van der Waals surface area contributed by atoms with Gasteiger partial charge in [-0.2, -0.15) is 0 Å². The van der Waals surface area contributed by atoms with Crippen LogP contribution in [0.15, 0.2) is 45.8 Å². The first-order valence-corrected chi connectivity index (χ1v) is 8.89. The number of aromatic nitrogens is 1. The molecular weight excluding hydrogens is 344 g/mol. The lowest BCUT2D eigenvalue weighted by molar-refractivity contribution is 1.19. The third kappa shape index (κ3) is 7.53. The van der Waals surface area contributed by atoms with E-state index in [9.17, 15) is 0 Å². The lowest BCUT2D eigenvalue weighted by Crippen LogP contribution is -1.92. The highest BCUT2D eigenvalue weighted by atomic mass is 79.9. The molecule has 1 aromatic heterocycles. The highest BCUT2D eigenvalue weighted by Gasteiger charge is 1.99. The van der Waals surface area contributed by atoms with E-state index >= 15 is 0 Å². The summed E-state index contributed by atoms with van der Waals surface area (Å²) in [7, 11) is 0. The summed E-state index contributed by atoms with van der Waals surface area (Å²) in [6.45, 7) is 12.1. The third-order valence-corrected chi connectivity index (χ3v) is 3.97. The number of nitrogens with zero attached hydrogens (tertiary/aromatic N) is 1. The molecule has 2 aromatic rings. The lowest BCUT2D eigenvalue weighted by atomic mass is 10.2. The number of rotatable bonds is 3. The molecule has 0 radical (unpaired) electrons. The van der Waals surface area contributed by atoms with Crippen molar-refractivity contribution in [1.82, 2.24) is 4.98 Å². The quantitative estimate of drug-likeness (QED) is 0.615. The summed E-state index contributed by atoms with van der Waals surface area (Å²) in [6, 6.07) is 12.4. The van der Waals surface area contributed by atoms with Gasteiger partial charge in [0.1, 0.15) is 5.82 Å². The van der Waals surface area contributed by atoms with Gasteiger partial charge in [0.2, 0.25) is 0 Å². The summed E-state index contributed by atoms with van der Waals surface area (Å²) in [5.74, 6) is 0.872. The van der Waals surface area contributed by atoms with Crippen LogP contribution in [0.1, 0.15) is 39.0 Å². The summed E-state index contributed by atoms with van der Waals surface area (Å²) in [4.78, 5) is 5.61. The van der Waals surface area contributed by atoms with E-state index in [0.29, 0.717) is 0 Å².